The molecule has 0 aromatic heterocycles. The molecule has 2 bridgehead atoms. The van der Waals surface area contributed by atoms with Gasteiger partial charge in [-0.15, -0.1) is 0 Å². The topological polar surface area (TPSA) is 20.3 Å². The van der Waals surface area contributed by atoms with Crippen LogP contribution < -0.4 is 0 Å². The Hall–Kier alpha value is 0.158. The van der Waals surface area contributed by atoms with E-state index in [1.165, 1.54) is 0 Å². The number of nitrogens with zero attached hydrogens (tertiary/aromatic N) is 1. The van der Waals surface area contributed by atoms with Crippen molar-refractivity contribution in [3.8, 4) is 0 Å². The molecule has 1 aliphatic heterocycles. The Balaban J connectivity index is 0.000000720. The van der Waals surface area contributed by atoms with Gasteiger partial charge in [-0.1, -0.05) is 18.9 Å². The zero-order valence-corrected chi connectivity index (χ0v) is 10.4. The third-order valence-electron chi connectivity index (χ3n) is 3.12. The fourth-order valence-electron chi connectivity index (χ4n) is 2.21. The van der Waals surface area contributed by atoms with E-state index in [9.17, 15) is 4.79 Å². The first-order chi connectivity index (χ1) is 5.20. The van der Waals surface area contributed by atoms with Crippen molar-refractivity contribution in [3.63, 3.8) is 0 Å². The zero-order valence-electron chi connectivity index (χ0n) is 7.49. The summed E-state index contributed by atoms with van der Waals surface area (Å²) in [6, 6.07) is 0.448. The molecule has 1 amide bonds. The van der Waals surface area contributed by atoms with Crippen LogP contribution in [0, 0.1) is 18.3 Å². The van der Waals surface area contributed by atoms with Crippen molar-refractivity contribution in [2.24, 2.45) is 11.8 Å². The van der Waals surface area contributed by atoms with Gasteiger partial charge in [-0.25, -0.2) is 0 Å². The molecular weight excluding hydrogens is 322 g/mol. The first-order valence-electron chi connectivity index (χ1n) is 4.30. The van der Waals surface area contributed by atoms with Crippen molar-refractivity contribution >= 4 is 5.91 Å². The monoisotopic (exact) mass is 336 g/mol. The molecule has 12 heavy (non-hydrogen) atoms. The Bertz CT molecular complexity index is 195. The van der Waals surface area contributed by atoms with Crippen molar-refractivity contribution in [3.05, 3.63) is 6.42 Å². The van der Waals surface area contributed by atoms with Gasteiger partial charge in [0.25, 0.3) is 0 Å². The van der Waals surface area contributed by atoms with Gasteiger partial charge < -0.3 is 11.3 Å². The summed E-state index contributed by atoms with van der Waals surface area (Å²) in [5.74, 6) is 1.26. The van der Waals surface area contributed by atoms with Crippen molar-refractivity contribution in [2.75, 3.05) is 7.05 Å². The molecule has 2 aliphatic rings. The molecule has 0 unspecified atom stereocenters. The first kappa shape index (κ1) is 10.2. The van der Waals surface area contributed by atoms with Crippen LogP contribution in [0.3, 0.4) is 0 Å². The summed E-state index contributed by atoms with van der Waals surface area (Å²) in [7, 11) is 1.92. The van der Waals surface area contributed by atoms with Crippen LogP contribution in [0.25, 0.3) is 0 Å². The minimum Gasteiger partial charge on any atom is -0.372 e. The van der Waals surface area contributed by atoms with E-state index in [4.69, 9.17) is 0 Å². The Morgan fingerprint density at radius 1 is 1.58 bits per heavy atom. The number of fused-ring (bicyclic) bond motifs is 2. The van der Waals surface area contributed by atoms with Gasteiger partial charge in [-0.3, -0.25) is 4.79 Å². The van der Waals surface area contributed by atoms with Gasteiger partial charge in [0.1, 0.15) is 0 Å². The van der Waals surface area contributed by atoms with Gasteiger partial charge >= 0.3 is 0 Å². The Labute approximate surface area is 88.0 Å². The summed E-state index contributed by atoms with van der Waals surface area (Å²) in [4.78, 5) is 13.4. The minimum atomic E-state index is 0. The maximum atomic E-state index is 11.5. The molecule has 1 saturated carbocycles. The standard InChI is InChI=1S/C9H14NO.W/c1-6-3-4-7-5-8(6)9(11)10(7)2;/h4,6-8H,3,5H2,1-2H3;/q-1;/t6-,7-,8+;/m0./s1. The molecule has 0 N–H and O–H groups in total. The van der Waals surface area contributed by atoms with Gasteiger partial charge in [0, 0.05) is 34.0 Å². The van der Waals surface area contributed by atoms with Crippen LogP contribution in [0.1, 0.15) is 19.8 Å². The van der Waals surface area contributed by atoms with Crippen LogP contribution in [0.4, 0.5) is 0 Å². The molecule has 3 heteroatoms. The zero-order chi connectivity index (χ0) is 8.01. The molecule has 2 nitrogen and oxygen atoms in total. The molecule has 2 fully saturated rings. The van der Waals surface area contributed by atoms with Crippen LogP contribution in [0.15, 0.2) is 0 Å². The van der Waals surface area contributed by atoms with E-state index in [-0.39, 0.29) is 21.1 Å². The molecule has 1 aliphatic carbocycles. The number of likely N-dealkylation sites (tertiary alicyclic amines) is 1. The Kier molecular flexibility index (Phi) is 2.98. The average molecular weight is 336 g/mol. The fraction of sp³-hybridized carbons (Fsp3) is 0.778. The summed E-state index contributed by atoms with van der Waals surface area (Å²) < 4.78 is 0. The number of hydrogen-bond acceptors (Lipinski definition) is 1. The van der Waals surface area contributed by atoms with Crippen LogP contribution in [-0.4, -0.2) is 23.9 Å². The summed E-state index contributed by atoms with van der Waals surface area (Å²) >= 11 is 0. The van der Waals surface area contributed by atoms with E-state index >= 15 is 0 Å². The van der Waals surface area contributed by atoms with E-state index in [1.54, 1.807) is 0 Å². The first-order valence-corrected chi connectivity index (χ1v) is 4.30. The maximum absolute atomic E-state index is 11.5. The van der Waals surface area contributed by atoms with E-state index in [0.29, 0.717) is 23.8 Å². The van der Waals surface area contributed by atoms with E-state index in [1.807, 2.05) is 11.9 Å². The number of rotatable bonds is 0. The molecule has 0 aromatic rings. The quantitative estimate of drug-likeness (QED) is 0.606. The fourth-order valence-corrected chi connectivity index (χ4v) is 2.21. The molecule has 68 valence electrons. The molecule has 0 spiro atoms. The minimum absolute atomic E-state index is 0. The molecule has 1 heterocycles. The van der Waals surface area contributed by atoms with E-state index in [2.05, 4.69) is 13.3 Å². The van der Waals surface area contributed by atoms with Crippen LogP contribution in [0.5, 0.6) is 0 Å². The third-order valence-corrected chi connectivity index (χ3v) is 3.12. The van der Waals surface area contributed by atoms with E-state index in [0.717, 1.165) is 12.8 Å². The number of amides is 1. The van der Waals surface area contributed by atoms with Gasteiger partial charge in [0.05, 0.1) is 0 Å². The van der Waals surface area contributed by atoms with Crippen LogP contribution in [0.2, 0.25) is 0 Å². The summed E-state index contributed by atoms with van der Waals surface area (Å²) in [5.41, 5.74) is 0. The van der Waals surface area contributed by atoms with Crippen molar-refractivity contribution < 1.29 is 25.9 Å². The smallest absolute Gasteiger partial charge is 0.223 e. The van der Waals surface area contributed by atoms with Crippen molar-refractivity contribution in [1.29, 1.82) is 0 Å². The predicted molar refractivity (Wildman–Crippen MR) is 42.7 cm³/mol. The SMILES string of the molecule is C[C@H]1C[CH-][C@H]2C[C@H]1C(=O)N2C.[W]. The molecule has 0 aromatic carbocycles. The van der Waals surface area contributed by atoms with Gasteiger partial charge in [-0.2, -0.15) is 6.42 Å². The van der Waals surface area contributed by atoms with Crippen LogP contribution in [-0.2, 0) is 25.9 Å². The van der Waals surface area contributed by atoms with Crippen LogP contribution >= 0.6 is 0 Å². The Morgan fingerprint density at radius 3 is 2.83 bits per heavy atom. The summed E-state index contributed by atoms with van der Waals surface area (Å²) in [5, 5.41) is 0. The predicted octanol–water partition coefficient (Wildman–Crippen LogP) is 1.07. The largest absolute Gasteiger partial charge is 0.372 e. The summed E-state index contributed by atoms with van der Waals surface area (Å²) in [6.45, 7) is 2.18. The number of hydrogen-bond donors (Lipinski definition) is 0. The molecule has 0 radical (unpaired) electrons. The molecule has 2 rings (SSSR count). The van der Waals surface area contributed by atoms with Gasteiger partial charge in [0.2, 0.25) is 5.91 Å². The summed E-state index contributed by atoms with van der Waals surface area (Å²) in [6.07, 6.45) is 4.47. The van der Waals surface area contributed by atoms with E-state index < -0.39 is 0 Å². The van der Waals surface area contributed by atoms with Crippen molar-refractivity contribution in [2.45, 2.75) is 25.8 Å². The second-order valence-corrected chi connectivity index (χ2v) is 3.81. The number of carbonyl (C=O) groups excluding carboxylic acids is 1. The molecular formula is C9H14NOW-. The van der Waals surface area contributed by atoms with Gasteiger partial charge in [0.15, 0.2) is 0 Å². The number of carbonyl (C=O) groups is 1. The molecule has 1 saturated heterocycles. The second-order valence-electron chi connectivity index (χ2n) is 3.81. The normalized spacial score (nSPS) is 39.7. The average Bonchev–Trinajstić information content (AvgIpc) is 2.24. The Morgan fingerprint density at radius 2 is 2.25 bits per heavy atom. The van der Waals surface area contributed by atoms with Gasteiger partial charge in [-0.05, 0) is 6.42 Å². The van der Waals surface area contributed by atoms with Crippen molar-refractivity contribution in [1.82, 2.24) is 4.90 Å². The second kappa shape index (κ2) is 3.49. The third kappa shape index (κ3) is 1.35. The molecule has 3 atom stereocenters. The maximum Gasteiger partial charge on any atom is 0.223 e.